The molecule has 0 spiro atoms. The number of fused-ring (bicyclic) bond motifs is 5. The van der Waals surface area contributed by atoms with E-state index in [1.54, 1.807) is 13.8 Å². The number of imide groups is 1. The Bertz CT molecular complexity index is 980. The molecule has 1 heterocycles. The van der Waals surface area contributed by atoms with E-state index in [2.05, 4.69) is 21.2 Å². The topological polar surface area (TPSA) is 92.8 Å². The number of nitrogens with one attached hydrogen (secondary N) is 1. The maximum atomic E-state index is 13.1. The number of aryl methyl sites for hydroxylation is 2. The van der Waals surface area contributed by atoms with Gasteiger partial charge < -0.3 is 10.1 Å². The summed E-state index contributed by atoms with van der Waals surface area (Å²) in [6.45, 7) is 6.87. The third-order valence-electron chi connectivity index (χ3n) is 6.72. The van der Waals surface area contributed by atoms with Gasteiger partial charge in [0.2, 0.25) is 11.8 Å². The van der Waals surface area contributed by atoms with E-state index in [1.807, 2.05) is 38.1 Å². The van der Waals surface area contributed by atoms with E-state index in [9.17, 15) is 19.2 Å². The van der Waals surface area contributed by atoms with Crippen LogP contribution in [0.4, 0.5) is 5.69 Å². The summed E-state index contributed by atoms with van der Waals surface area (Å²) in [7, 11) is 0. The van der Waals surface area contributed by atoms with Crippen molar-refractivity contribution in [3.8, 4) is 0 Å². The van der Waals surface area contributed by atoms with Gasteiger partial charge in [-0.15, -0.1) is 0 Å². The van der Waals surface area contributed by atoms with Crippen LogP contribution in [0.15, 0.2) is 28.8 Å². The number of allylic oxidation sites excluding steroid dienone is 2. The fraction of sp³-hybridized carbons (Fsp3) is 0.500. The molecule has 0 radical (unpaired) electrons. The van der Waals surface area contributed by atoms with E-state index in [4.69, 9.17) is 4.74 Å². The number of rotatable bonds is 6. The summed E-state index contributed by atoms with van der Waals surface area (Å²) in [6.07, 6.45) is 4.85. The van der Waals surface area contributed by atoms with Crippen molar-refractivity contribution in [3.05, 3.63) is 39.9 Å². The first-order valence-corrected chi connectivity index (χ1v) is 11.7. The molecule has 4 rings (SSSR count). The highest BCUT2D eigenvalue weighted by atomic mass is 79.9. The summed E-state index contributed by atoms with van der Waals surface area (Å²) in [5, 5.41) is 2.72. The van der Waals surface area contributed by atoms with Gasteiger partial charge in [-0.3, -0.25) is 19.3 Å². The molecule has 1 aliphatic heterocycles. The van der Waals surface area contributed by atoms with Crippen LogP contribution in [0, 0.1) is 43.4 Å². The summed E-state index contributed by atoms with van der Waals surface area (Å²) >= 11 is 3.48. The zero-order valence-corrected chi connectivity index (χ0v) is 20.1. The molecule has 1 N–H and O–H groups in total. The number of likely N-dealkylation sites (tertiary alicyclic amines) is 1. The van der Waals surface area contributed by atoms with Crippen LogP contribution in [0.25, 0.3) is 0 Å². The van der Waals surface area contributed by atoms with Crippen LogP contribution in [-0.2, 0) is 23.9 Å². The zero-order chi connectivity index (χ0) is 23.3. The molecule has 1 aromatic rings. The first-order valence-electron chi connectivity index (χ1n) is 10.9. The van der Waals surface area contributed by atoms with Gasteiger partial charge in [-0.25, -0.2) is 4.79 Å². The van der Waals surface area contributed by atoms with Crippen molar-refractivity contribution in [2.75, 3.05) is 11.9 Å². The fourth-order valence-corrected chi connectivity index (χ4v) is 5.54. The molecule has 2 fully saturated rings. The van der Waals surface area contributed by atoms with Gasteiger partial charge in [0.1, 0.15) is 6.04 Å². The van der Waals surface area contributed by atoms with Crippen LogP contribution < -0.4 is 5.32 Å². The van der Waals surface area contributed by atoms with Crippen molar-refractivity contribution in [2.45, 2.75) is 40.2 Å². The molecule has 2 aliphatic carbocycles. The number of halogens is 1. The minimum Gasteiger partial charge on any atom is -0.454 e. The van der Waals surface area contributed by atoms with Gasteiger partial charge in [-0.2, -0.15) is 0 Å². The Balaban J connectivity index is 1.42. The molecule has 3 amide bonds. The lowest BCUT2D eigenvalue weighted by molar-refractivity contribution is -0.162. The van der Waals surface area contributed by atoms with Crippen LogP contribution in [-0.4, -0.2) is 41.2 Å². The number of ether oxygens (including phenoxy) is 1. The number of carbonyl (C=O) groups is 4. The number of anilines is 1. The second-order valence-electron chi connectivity index (χ2n) is 9.32. The van der Waals surface area contributed by atoms with Crippen molar-refractivity contribution in [1.29, 1.82) is 0 Å². The number of esters is 1. The van der Waals surface area contributed by atoms with Crippen LogP contribution in [0.3, 0.4) is 0 Å². The number of hydrogen-bond donors (Lipinski definition) is 1. The quantitative estimate of drug-likeness (QED) is 0.365. The Hall–Kier alpha value is -2.48. The van der Waals surface area contributed by atoms with Crippen molar-refractivity contribution >= 4 is 45.3 Å². The van der Waals surface area contributed by atoms with Gasteiger partial charge in [0, 0.05) is 10.2 Å². The highest BCUT2D eigenvalue weighted by molar-refractivity contribution is 9.10. The molecule has 0 unspecified atom stereocenters. The second-order valence-corrected chi connectivity index (χ2v) is 10.1. The number of nitrogens with zero attached hydrogens (tertiary/aromatic N) is 1. The van der Waals surface area contributed by atoms with Gasteiger partial charge in [-0.1, -0.05) is 41.9 Å². The first kappa shape index (κ1) is 22.7. The maximum Gasteiger partial charge on any atom is 0.330 e. The highest BCUT2D eigenvalue weighted by Crippen LogP contribution is 2.53. The Morgan fingerprint density at radius 3 is 2.12 bits per heavy atom. The Morgan fingerprint density at radius 1 is 1.09 bits per heavy atom. The molecule has 1 aromatic carbocycles. The predicted octanol–water partition coefficient (Wildman–Crippen LogP) is 3.38. The molecule has 5 atom stereocenters. The third kappa shape index (κ3) is 3.78. The second kappa shape index (κ2) is 8.46. The Morgan fingerprint density at radius 2 is 1.62 bits per heavy atom. The molecule has 1 saturated carbocycles. The number of hydrogen-bond acceptors (Lipinski definition) is 5. The minimum absolute atomic E-state index is 0.0684. The van der Waals surface area contributed by atoms with E-state index >= 15 is 0 Å². The molecule has 0 aromatic heterocycles. The van der Waals surface area contributed by atoms with Crippen molar-refractivity contribution in [3.63, 3.8) is 0 Å². The van der Waals surface area contributed by atoms with Crippen molar-refractivity contribution < 1.29 is 23.9 Å². The number of benzene rings is 1. The lowest BCUT2D eigenvalue weighted by Crippen LogP contribution is -2.50. The molecule has 2 bridgehead atoms. The van der Waals surface area contributed by atoms with Gasteiger partial charge in [-0.05, 0) is 61.3 Å². The average Bonchev–Trinajstić information content (AvgIpc) is 3.40. The molecule has 1 saturated heterocycles. The molecule has 7 nitrogen and oxygen atoms in total. The van der Waals surface area contributed by atoms with Crippen LogP contribution >= 0.6 is 15.9 Å². The molecule has 170 valence electrons. The molecular weight excluding hydrogens is 476 g/mol. The number of carbonyl (C=O) groups excluding carboxylic acids is 4. The lowest BCUT2D eigenvalue weighted by Gasteiger charge is -2.28. The number of amides is 3. The summed E-state index contributed by atoms with van der Waals surface area (Å²) in [6, 6.07) is 2.59. The summed E-state index contributed by atoms with van der Waals surface area (Å²) < 4.78 is 6.23. The fourth-order valence-electron chi connectivity index (χ4n) is 5.31. The predicted molar refractivity (Wildman–Crippen MR) is 121 cm³/mol. The van der Waals surface area contributed by atoms with Crippen molar-refractivity contribution in [2.24, 2.45) is 29.6 Å². The smallest absolute Gasteiger partial charge is 0.330 e. The van der Waals surface area contributed by atoms with Crippen molar-refractivity contribution in [1.82, 2.24) is 4.90 Å². The van der Waals surface area contributed by atoms with E-state index in [-0.39, 0.29) is 41.4 Å². The lowest BCUT2D eigenvalue weighted by atomic mass is 9.85. The molecule has 3 aliphatic rings. The molecule has 32 heavy (non-hydrogen) atoms. The Kier molecular flexibility index (Phi) is 6.00. The average molecular weight is 503 g/mol. The van der Waals surface area contributed by atoms with E-state index in [1.165, 1.54) is 0 Å². The van der Waals surface area contributed by atoms with Gasteiger partial charge in [0.15, 0.2) is 6.61 Å². The summed E-state index contributed by atoms with van der Waals surface area (Å²) in [4.78, 5) is 52.5. The Labute approximate surface area is 195 Å². The van der Waals surface area contributed by atoms with E-state index < -0.39 is 24.5 Å². The summed E-state index contributed by atoms with van der Waals surface area (Å²) in [5.41, 5.74) is 2.54. The third-order valence-corrected chi connectivity index (χ3v) is 7.97. The monoisotopic (exact) mass is 502 g/mol. The zero-order valence-electron chi connectivity index (χ0n) is 18.6. The van der Waals surface area contributed by atoms with Gasteiger partial charge >= 0.3 is 5.97 Å². The maximum absolute atomic E-state index is 13.1. The van der Waals surface area contributed by atoms with Crippen LogP contribution in [0.5, 0.6) is 0 Å². The molecule has 8 heteroatoms. The SMILES string of the molecule is Cc1cc(NC(=O)COC(=O)[C@H](C(C)C)N2C(=O)[C@@H]3[C@@H](C2=O)[C@H]2C=C[C@H]3C2)cc(C)c1Br. The largest absolute Gasteiger partial charge is 0.454 e. The highest BCUT2D eigenvalue weighted by Gasteiger charge is 2.61. The van der Waals surface area contributed by atoms with E-state index in [0.717, 1.165) is 26.9 Å². The minimum atomic E-state index is -1.04. The summed E-state index contributed by atoms with van der Waals surface area (Å²) in [5.74, 6) is -2.76. The van der Waals surface area contributed by atoms with E-state index in [0.29, 0.717) is 5.69 Å². The van der Waals surface area contributed by atoms with Crippen LogP contribution in [0.2, 0.25) is 0 Å². The van der Waals surface area contributed by atoms with Crippen LogP contribution in [0.1, 0.15) is 31.4 Å². The van der Waals surface area contributed by atoms with Gasteiger partial charge in [0.25, 0.3) is 5.91 Å². The normalized spacial score (nSPS) is 26.6. The first-order chi connectivity index (χ1) is 15.1. The van der Waals surface area contributed by atoms with Gasteiger partial charge in [0.05, 0.1) is 11.8 Å². The molecular formula is C24H27BrN2O5. The standard InChI is InChI=1S/C24H27BrN2O5/c1-11(2)21(27-22(29)18-14-5-6-15(9-14)19(18)23(27)30)24(31)32-10-17(28)26-16-7-12(3)20(25)13(4)8-16/h5-8,11,14-15,18-19,21H,9-10H2,1-4H3,(H,26,28)/t14-,15-,18-,19-,21-/m0/s1.